The van der Waals surface area contributed by atoms with E-state index in [4.69, 9.17) is 9.94 Å². The van der Waals surface area contributed by atoms with Gasteiger partial charge in [0.2, 0.25) is 0 Å². The first kappa shape index (κ1) is 11.1. The van der Waals surface area contributed by atoms with Crippen molar-refractivity contribution in [2.75, 3.05) is 0 Å². The van der Waals surface area contributed by atoms with Crippen LogP contribution in [-0.4, -0.2) is 20.9 Å². The topological polar surface area (TPSA) is 67.6 Å². The van der Waals surface area contributed by atoms with E-state index >= 15 is 0 Å². The summed E-state index contributed by atoms with van der Waals surface area (Å²) in [6.07, 6.45) is 3.21. The maximum atomic E-state index is 8.69. The lowest BCUT2D eigenvalue weighted by Crippen LogP contribution is -1.96. The Morgan fingerprint density at radius 2 is 2.00 bits per heavy atom. The van der Waals surface area contributed by atoms with Gasteiger partial charge in [0.15, 0.2) is 0 Å². The molecule has 86 valence electrons. The smallest absolute Gasteiger partial charge is 0.321 e. The number of benzene rings is 1. The molecule has 0 radical (unpaired) electrons. The average Bonchev–Trinajstić information content (AvgIpc) is 2.39. The third kappa shape index (κ3) is 2.78. The molecule has 5 nitrogen and oxygen atoms in total. The maximum Gasteiger partial charge on any atom is 0.321 e. The van der Waals surface area contributed by atoms with Crippen LogP contribution in [0.1, 0.15) is 12.5 Å². The van der Waals surface area contributed by atoms with Crippen molar-refractivity contribution >= 4 is 5.71 Å². The number of hydrogen-bond donors (Lipinski definition) is 1. The minimum Gasteiger partial charge on any atom is -0.424 e. The van der Waals surface area contributed by atoms with Gasteiger partial charge in [-0.05, 0) is 25.1 Å². The molecule has 2 rings (SSSR count). The second-order valence-corrected chi connectivity index (χ2v) is 3.35. The summed E-state index contributed by atoms with van der Waals surface area (Å²) in [5.41, 5.74) is 1.30. The van der Waals surface area contributed by atoms with E-state index in [0.717, 1.165) is 5.56 Å². The summed E-state index contributed by atoms with van der Waals surface area (Å²) in [7, 11) is 0. The molecule has 1 aromatic carbocycles. The van der Waals surface area contributed by atoms with Gasteiger partial charge < -0.3 is 9.94 Å². The predicted octanol–water partition coefficient (Wildman–Crippen LogP) is 2.47. The summed E-state index contributed by atoms with van der Waals surface area (Å²) in [5.74, 6) is 0.594. The first-order valence-electron chi connectivity index (χ1n) is 5.03. The fourth-order valence-electron chi connectivity index (χ4n) is 1.29. The van der Waals surface area contributed by atoms with Crippen LogP contribution in [0.2, 0.25) is 0 Å². The number of nitrogens with zero attached hydrogens (tertiary/aromatic N) is 3. The zero-order valence-electron chi connectivity index (χ0n) is 9.24. The van der Waals surface area contributed by atoms with E-state index in [2.05, 4.69) is 15.1 Å². The second kappa shape index (κ2) is 5.07. The number of ether oxygens (including phenoxy) is 1. The fraction of sp³-hybridized carbons (Fsp3) is 0.0833. The van der Waals surface area contributed by atoms with E-state index in [9.17, 15) is 0 Å². The van der Waals surface area contributed by atoms with Crippen LogP contribution in [0.5, 0.6) is 11.8 Å². The second-order valence-electron chi connectivity index (χ2n) is 3.35. The monoisotopic (exact) mass is 229 g/mol. The van der Waals surface area contributed by atoms with Gasteiger partial charge in [0.25, 0.3) is 0 Å². The number of hydrogen-bond acceptors (Lipinski definition) is 5. The van der Waals surface area contributed by atoms with E-state index in [1.54, 1.807) is 37.5 Å². The molecule has 0 atom stereocenters. The van der Waals surface area contributed by atoms with Crippen LogP contribution in [0.15, 0.2) is 47.9 Å². The quantitative estimate of drug-likeness (QED) is 0.498. The van der Waals surface area contributed by atoms with Crippen LogP contribution in [0.25, 0.3) is 0 Å². The van der Waals surface area contributed by atoms with Crippen molar-refractivity contribution in [1.82, 2.24) is 9.97 Å². The fourth-order valence-corrected chi connectivity index (χ4v) is 1.29. The Morgan fingerprint density at radius 3 is 2.71 bits per heavy atom. The van der Waals surface area contributed by atoms with Gasteiger partial charge in [-0.2, -0.15) is 0 Å². The molecule has 0 saturated heterocycles. The molecule has 0 aliphatic heterocycles. The molecule has 1 heterocycles. The zero-order chi connectivity index (χ0) is 12.1. The maximum absolute atomic E-state index is 8.69. The molecule has 0 aliphatic rings. The molecule has 0 fully saturated rings. The Hall–Kier alpha value is -2.43. The van der Waals surface area contributed by atoms with Gasteiger partial charge >= 0.3 is 6.01 Å². The first-order valence-corrected chi connectivity index (χ1v) is 5.03. The van der Waals surface area contributed by atoms with E-state index in [1.165, 1.54) is 0 Å². The van der Waals surface area contributed by atoms with Gasteiger partial charge in [-0.3, -0.25) is 0 Å². The Morgan fingerprint density at radius 1 is 1.24 bits per heavy atom. The van der Waals surface area contributed by atoms with Crippen LogP contribution in [0.3, 0.4) is 0 Å². The van der Waals surface area contributed by atoms with Crippen LogP contribution in [0, 0.1) is 0 Å². The predicted molar refractivity (Wildman–Crippen MR) is 62.5 cm³/mol. The largest absolute Gasteiger partial charge is 0.424 e. The lowest BCUT2D eigenvalue weighted by atomic mass is 10.1. The molecule has 0 unspecified atom stereocenters. The first-order chi connectivity index (χ1) is 8.29. The van der Waals surface area contributed by atoms with Gasteiger partial charge in [0.1, 0.15) is 5.75 Å². The van der Waals surface area contributed by atoms with Gasteiger partial charge in [0, 0.05) is 18.0 Å². The Labute approximate surface area is 98.4 Å². The molecule has 0 amide bonds. The van der Waals surface area contributed by atoms with Crippen molar-refractivity contribution in [3.05, 3.63) is 48.3 Å². The highest BCUT2D eigenvalue weighted by Crippen LogP contribution is 2.18. The van der Waals surface area contributed by atoms with E-state index in [0.29, 0.717) is 11.5 Å². The standard InChI is InChI=1S/C12H11N3O2/c1-9(15-16)10-4-2-5-11(8-10)17-12-13-6-3-7-14-12/h2-8,16H,1H3/b15-9+. The van der Waals surface area contributed by atoms with Gasteiger partial charge in [0.05, 0.1) is 5.71 Å². The average molecular weight is 229 g/mol. The van der Waals surface area contributed by atoms with Crippen molar-refractivity contribution in [1.29, 1.82) is 0 Å². The Kier molecular flexibility index (Phi) is 3.30. The highest BCUT2D eigenvalue weighted by Gasteiger charge is 2.02. The molecule has 1 N–H and O–H groups in total. The van der Waals surface area contributed by atoms with Crippen LogP contribution < -0.4 is 4.74 Å². The Bertz CT molecular complexity index is 526. The van der Waals surface area contributed by atoms with Crippen molar-refractivity contribution in [3.63, 3.8) is 0 Å². The number of oxime groups is 1. The lowest BCUT2D eigenvalue weighted by Gasteiger charge is -2.04. The van der Waals surface area contributed by atoms with Crippen LogP contribution in [-0.2, 0) is 0 Å². The summed E-state index contributed by atoms with van der Waals surface area (Å²) in [6, 6.07) is 9.17. The molecule has 2 aromatic rings. The normalized spacial score (nSPS) is 11.2. The number of rotatable bonds is 3. The molecule has 0 saturated carbocycles. The van der Waals surface area contributed by atoms with Crippen molar-refractivity contribution in [2.24, 2.45) is 5.16 Å². The molecule has 5 heteroatoms. The van der Waals surface area contributed by atoms with Gasteiger partial charge in [-0.1, -0.05) is 17.3 Å². The Balaban J connectivity index is 2.23. The third-order valence-electron chi connectivity index (χ3n) is 2.15. The molecule has 1 aromatic heterocycles. The minimum absolute atomic E-state index is 0.281. The molecule has 0 spiro atoms. The summed E-state index contributed by atoms with van der Waals surface area (Å²) in [6.45, 7) is 1.71. The van der Waals surface area contributed by atoms with Gasteiger partial charge in [-0.15, -0.1) is 0 Å². The van der Waals surface area contributed by atoms with Crippen molar-refractivity contribution in [2.45, 2.75) is 6.92 Å². The summed E-state index contributed by atoms with van der Waals surface area (Å²) in [5, 5.41) is 11.8. The summed E-state index contributed by atoms with van der Waals surface area (Å²) in [4.78, 5) is 7.91. The number of aromatic nitrogens is 2. The van der Waals surface area contributed by atoms with E-state index in [1.807, 2.05) is 12.1 Å². The zero-order valence-corrected chi connectivity index (χ0v) is 9.24. The highest BCUT2D eigenvalue weighted by molar-refractivity contribution is 5.98. The molecular weight excluding hydrogens is 218 g/mol. The molecule has 0 aliphatic carbocycles. The van der Waals surface area contributed by atoms with Gasteiger partial charge in [-0.25, -0.2) is 9.97 Å². The molecule has 0 bridgehead atoms. The SMILES string of the molecule is C/C(=N\O)c1cccc(Oc2ncccn2)c1. The van der Waals surface area contributed by atoms with Crippen LogP contribution >= 0.6 is 0 Å². The minimum atomic E-state index is 0.281. The lowest BCUT2D eigenvalue weighted by molar-refractivity contribution is 0.319. The summed E-state index contributed by atoms with van der Waals surface area (Å²) < 4.78 is 5.45. The van der Waals surface area contributed by atoms with Crippen molar-refractivity contribution in [3.8, 4) is 11.8 Å². The molecular formula is C12H11N3O2. The van der Waals surface area contributed by atoms with E-state index < -0.39 is 0 Å². The van der Waals surface area contributed by atoms with E-state index in [-0.39, 0.29) is 6.01 Å². The third-order valence-corrected chi connectivity index (χ3v) is 2.15. The summed E-state index contributed by atoms with van der Waals surface area (Å²) >= 11 is 0. The molecule has 17 heavy (non-hydrogen) atoms. The van der Waals surface area contributed by atoms with Crippen LogP contribution in [0.4, 0.5) is 0 Å². The highest BCUT2D eigenvalue weighted by atomic mass is 16.5. The van der Waals surface area contributed by atoms with Crippen molar-refractivity contribution < 1.29 is 9.94 Å².